The van der Waals surface area contributed by atoms with E-state index in [1.165, 1.54) is 25.7 Å². The summed E-state index contributed by atoms with van der Waals surface area (Å²) in [5.41, 5.74) is 1.83. The quantitative estimate of drug-likeness (QED) is 0.896. The van der Waals surface area contributed by atoms with Gasteiger partial charge in [-0.2, -0.15) is 0 Å². The molecule has 0 bridgehead atoms. The molecule has 2 fully saturated rings. The van der Waals surface area contributed by atoms with Crippen LogP contribution in [0, 0.1) is 5.82 Å². The summed E-state index contributed by atoms with van der Waals surface area (Å²) in [5.74, 6) is -0.156. The van der Waals surface area contributed by atoms with Gasteiger partial charge in [0.2, 0.25) is 0 Å². The van der Waals surface area contributed by atoms with Crippen molar-refractivity contribution in [1.29, 1.82) is 0 Å². The van der Waals surface area contributed by atoms with Gasteiger partial charge in [0.25, 0.3) is 0 Å². The first-order valence-corrected chi connectivity index (χ1v) is 8.17. The number of aliphatic hydroxyl groups is 1. The standard InChI is InChI=1S/C17H25FN2O/c18-16-6-5-13(12-19-14-3-1-2-4-14)11-17(16)20-9-7-15(21)8-10-20/h5-6,11,14-15,19,21H,1-4,7-10,12H2. The Hall–Kier alpha value is -1.13. The monoisotopic (exact) mass is 292 g/mol. The van der Waals surface area contributed by atoms with E-state index in [9.17, 15) is 9.50 Å². The summed E-state index contributed by atoms with van der Waals surface area (Å²) in [6.07, 6.45) is 6.39. The van der Waals surface area contributed by atoms with Crippen molar-refractivity contribution in [2.24, 2.45) is 0 Å². The Balaban J connectivity index is 1.64. The third-order valence-electron chi connectivity index (χ3n) is 4.77. The SMILES string of the molecule is OC1CCN(c2cc(CNC3CCCC3)ccc2F)CC1. The third kappa shape index (κ3) is 3.74. The first-order valence-electron chi connectivity index (χ1n) is 8.17. The molecule has 1 saturated carbocycles. The van der Waals surface area contributed by atoms with Crippen molar-refractivity contribution in [1.82, 2.24) is 5.32 Å². The molecule has 4 heteroatoms. The van der Waals surface area contributed by atoms with Crippen LogP contribution in [-0.4, -0.2) is 30.3 Å². The molecule has 0 radical (unpaired) electrons. The molecule has 3 rings (SSSR count). The van der Waals surface area contributed by atoms with E-state index in [2.05, 4.69) is 10.2 Å². The highest BCUT2D eigenvalue weighted by atomic mass is 19.1. The molecule has 0 atom stereocenters. The molecule has 21 heavy (non-hydrogen) atoms. The van der Waals surface area contributed by atoms with E-state index in [0.717, 1.165) is 38.0 Å². The van der Waals surface area contributed by atoms with Crippen LogP contribution < -0.4 is 10.2 Å². The maximum atomic E-state index is 14.1. The molecule has 116 valence electrons. The summed E-state index contributed by atoms with van der Waals surface area (Å²) in [6.45, 7) is 2.28. The van der Waals surface area contributed by atoms with Gasteiger partial charge < -0.3 is 15.3 Å². The van der Waals surface area contributed by atoms with Crippen LogP contribution in [0.1, 0.15) is 44.1 Å². The highest BCUT2D eigenvalue weighted by molar-refractivity contribution is 5.50. The van der Waals surface area contributed by atoms with Crippen LogP contribution in [-0.2, 0) is 6.54 Å². The number of nitrogens with zero attached hydrogens (tertiary/aromatic N) is 1. The Morgan fingerprint density at radius 1 is 1.14 bits per heavy atom. The molecule has 0 aromatic heterocycles. The minimum atomic E-state index is -0.225. The van der Waals surface area contributed by atoms with Crippen molar-refractivity contribution in [2.75, 3.05) is 18.0 Å². The predicted octanol–water partition coefficient (Wildman–Crippen LogP) is 2.82. The summed E-state index contributed by atoms with van der Waals surface area (Å²) in [5, 5.41) is 13.1. The van der Waals surface area contributed by atoms with E-state index in [0.29, 0.717) is 11.7 Å². The fourth-order valence-electron chi connectivity index (χ4n) is 3.41. The second kappa shape index (κ2) is 6.75. The van der Waals surface area contributed by atoms with Crippen molar-refractivity contribution in [3.05, 3.63) is 29.6 Å². The zero-order valence-electron chi connectivity index (χ0n) is 12.5. The lowest BCUT2D eigenvalue weighted by atomic mass is 10.1. The van der Waals surface area contributed by atoms with Crippen molar-refractivity contribution in [3.63, 3.8) is 0 Å². The number of piperidine rings is 1. The lowest BCUT2D eigenvalue weighted by molar-refractivity contribution is 0.145. The molecule has 1 aliphatic heterocycles. The first-order chi connectivity index (χ1) is 10.2. The molecule has 0 unspecified atom stereocenters. The number of benzene rings is 1. The minimum absolute atomic E-state index is 0.156. The van der Waals surface area contributed by atoms with Gasteiger partial charge in [0.15, 0.2) is 0 Å². The van der Waals surface area contributed by atoms with Crippen LogP contribution in [0.25, 0.3) is 0 Å². The Labute approximate surface area is 126 Å². The molecule has 1 heterocycles. The molecule has 0 spiro atoms. The Bertz CT molecular complexity index is 466. The van der Waals surface area contributed by atoms with Gasteiger partial charge in [0.05, 0.1) is 11.8 Å². The maximum absolute atomic E-state index is 14.1. The van der Waals surface area contributed by atoms with Gasteiger partial charge in [-0.1, -0.05) is 18.9 Å². The largest absolute Gasteiger partial charge is 0.393 e. The Morgan fingerprint density at radius 3 is 2.57 bits per heavy atom. The van der Waals surface area contributed by atoms with Gasteiger partial charge in [-0.05, 0) is 43.4 Å². The van der Waals surface area contributed by atoms with Crippen molar-refractivity contribution < 1.29 is 9.50 Å². The van der Waals surface area contributed by atoms with Gasteiger partial charge in [0, 0.05) is 25.7 Å². The summed E-state index contributed by atoms with van der Waals surface area (Å²) < 4.78 is 14.1. The van der Waals surface area contributed by atoms with E-state index >= 15 is 0 Å². The predicted molar refractivity (Wildman–Crippen MR) is 82.9 cm³/mol. The summed E-state index contributed by atoms with van der Waals surface area (Å²) in [6, 6.07) is 6.05. The first kappa shape index (κ1) is 14.8. The lowest BCUT2D eigenvalue weighted by Gasteiger charge is -2.32. The van der Waals surface area contributed by atoms with Gasteiger partial charge in [-0.25, -0.2) is 4.39 Å². The maximum Gasteiger partial charge on any atom is 0.146 e. The average Bonchev–Trinajstić information content (AvgIpc) is 3.01. The number of hydrogen-bond donors (Lipinski definition) is 2. The highest BCUT2D eigenvalue weighted by Crippen LogP contribution is 2.25. The smallest absolute Gasteiger partial charge is 0.146 e. The summed E-state index contributed by atoms with van der Waals surface area (Å²) in [7, 11) is 0. The van der Waals surface area contributed by atoms with E-state index in [4.69, 9.17) is 0 Å². The van der Waals surface area contributed by atoms with Crippen LogP contribution in [0.4, 0.5) is 10.1 Å². The average molecular weight is 292 g/mol. The topological polar surface area (TPSA) is 35.5 Å². The number of halogens is 1. The molecule has 0 amide bonds. The normalized spacial score (nSPS) is 21.1. The van der Waals surface area contributed by atoms with E-state index in [1.807, 2.05) is 12.1 Å². The zero-order chi connectivity index (χ0) is 14.7. The second-order valence-electron chi connectivity index (χ2n) is 6.37. The van der Waals surface area contributed by atoms with E-state index in [1.54, 1.807) is 6.07 Å². The molecule has 3 nitrogen and oxygen atoms in total. The van der Waals surface area contributed by atoms with E-state index < -0.39 is 0 Å². The molecular formula is C17H25FN2O. The fourth-order valence-corrected chi connectivity index (χ4v) is 3.41. The third-order valence-corrected chi connectivity index (χ3v) is 4.77. The Morgan fingerprint density at radius 2 is 1.86 bits per heavy atom. The van der Waals surface area contributed by atoms with Crippen LogP contribution in [0.5, 0.6) is 0 Å². The zero-order valence-corrected chi connectivity index (χ0v) is 12.5. The minimum Gasteiger partial charge on any atom is -0.393 e. The number of hydrogen-bond acceptors (Lipinski definition) is 3. The van der Waals surface area contributed by atoms with Gasteiger partial charge >= 0.3 is 0 Å². The van der Waals surface area contributed by atoms with Crippen LogP contribution in [0.15, 0.2) is 18.2 Å². The number of nitrogens with one attached hydrogen (secondary N) is 1. The highest BCUT2D eigenvalue weighted by Gasteiger charge is 2.20. The van der Waals surface area contributed by atoms with Crippen LogP contribution in [0.2, 0.25) is 0 Å². The molecule has 2 N–H and O–H groups in total. The van der Waals surface area contributed by atoms with Gasteiger partial charge in [-0.3, -0.25) is 0 Å². The molecule has 1 aromatic carbocycles. The number of anilines is 1. The molecule has 1 saturated heterocycles. The van der Waals surface area contributed by atoms with Crippen molar-refractivity contribution in [2.45, 2.75) is 57.2 Å². The number of aliphatic hydroxyl groups excluding tert-OH is 1. The Kier molecular flexibility index (Phi) is 4.76. The molecule has 1 aromatic rings. The van der Waals surface area contributed by atoms with Crippen LogP contribution >= 0.6 is 0 Å². The summed E-state index contributed by atoms with van der Waals surface area (Å²) in [4.78, 5) is 2.06. The molecule has 2 aliphatic rings. The molecule has 1 aliphatic carbocycles. The lowest BCUT2D eigenvalue weighted by Crippen LogP contribution is -2.36. The van der Waals surface area contributed by atoms with E-state index in [-0.39, 0.29) is 11.9 Å². The number of rotatable bonds is 4. The summed E-state index contributed by atoms with van der Waals surface area (Å²) >= 11 is 0. The van der Waals surface area contributed by atoms with Gasteiger partial charge in [-0.15, -0.1) is 0 Å². The van der Waals surface area contributed by atoms with Gasteiger partial charge in [0.1, 0.15) is 5.82 Å². The fraction of sp³-hybridized carbons (Fsp3) is 0.647. The van der Waals surface area contributed by atoms with Crippen molar-refractivity contribution in [3.8, 4) is 0 Å². The second-order valence-corrected chi connectivity index (χ2v) is 6.37. The van der Waals surface area contributed by atoms with Crippen LogP contribution in [0.3, 0.4) is 0 Å². The molecular weight excluding hydrogens is 267 g/mol. The van der Waals surface area contributed by atoms with Crippen molar-refractivity contribution >= 4 is 5.69 Å².